The molecule has 0 bridgehead atoms. The van der Waals surface area contributed by atoms with Crippen molar-refractivity contribution in [3.05, 3.63) is 87.3 Å². The Morgan fingerprint density at radius 2 is 1.97 bits per heavy atom. The molecule has 0 amide bonds. The second kappa shape index (κ2) is 6.99. The Kier molecular flexibility index (Phi) is 4.42. The van der Waals surface area contributed by atoms with Gasteiger partial charge in [-0.25, -0.2) is 13.8 Å². The van der Waals surface area contributed by atoms with Gasteiger partial charge in [-0.2, -0.15) is 5.10 Å². The Balaban J connectivity index is 1.60. The topological polar surface area (TPSA) is 38.0 Å². The van der Waals surface area contributed by atoms with E-state index < -0.39 is 17.9 Å². The summed E-state index contributed by atoms with van der Waals surface area (Å²) in [6.45, 7) is 2.03. The fourth-order valence-corrected chi connectivity index (χ4v) is 4.19. The normalized spacial score (nSPS) is 20.1. The van der Waals surface area contributed by atoms with Crippen LogP contribution in [0, 0.1) is 11.6 Å². The highest BCUT2D eigenvalue weighted by molar-refractivity contribution is 9.10. The average molecular weight is 459 g/mol. The summed E-state index contributed by atoms with van der Waals surface area (Å²) in [4.78, 5) is 0. The molecule has 0 saturated heterocycles. The van der Waals surface area contributed by atoms with Crippen LogP contribution in [0.15, 0.2) is 62.5 Å². The molecule has 0 radical (unpaired) electrons. The van der Waals surface area contributed by atoms with Crippen molar-refractivity contribution in [2.24, 2.45) is 5.10 Å². The Bertz CT molecular complexity index is 1130. The van der Waals surface area contributed by atoms with Gasteiger partial charge < -0.3 is 9.15 Å². The third-order valence-electron chi connectivity index (χ3n) is 5.28. The molecule has 1 aromatic heterocycles. The number of halogens is 3. The maximum atomic E-state index is 13.9. The van der Waals surface area contributed by atoms with Gasteiger partial charge in [0.2, 0.25) is 6.23 Å². The number of hydrogen-bond donors (Lipinski definition) is 0. The molecule has 0 saturated carbocycles. The summed E-state index contributed by atoms with van der Waals surface area (Å²) >= 11 is 3.52. The average Bonchev–Trinajstić information content (AvgIpc) is 3.36. The molecule has 29 heavy (non-hydrogen) atoms. The Morgan fingerprint density at radius 3 is 2.72 bits per heavy atom. The standard InChI is InChI=1S/C22H17BrF2N2O2/c1-2-14-5-8-21(28-14)18-11-19-15-10-13(23)4-7-20(15)29-22(27(19)26-18)12-3-6-16(24)17(25)9-12/h3-10,19,22H,2,11H2,1H3. The molecule has 5 rings (SSSR count). The molecule has 2 atom stereocenters. The number of rotatable bonds is 3. The summed E-state index contributed by atoms with van der Waals surface area (Å²) in [7, 11) is 0. The molecule has 2 aromatic carbocycles. The third-order valence-corrected chi connectivity index (χ3v) is 5.77. The molecule has 0 N–H and O–H groups in total. The number of hydrazone groups is 1. The lowest BCUT2D eigenvalue weighted by Crippen LogP contribution is -2.33. The fraction of sp³-hybridized carbons (Fsp3) is 0.227. The number of benzene rings is 2. The molecule has 0 aliphatic carbocycles. The van der Waals surface area contributed by atoms with Crippen molar-refractivity contribution < 1.29 is 17.9 Å². The largest absolute Gasteiger partial charge is 0.464 e. The van der Waals surface area contributed by atoms with E-state index in [9.17, 15) is 8.78 Å². The summed E-state index contributed by atoms with van der Waals surface area (Å²) < 4.78 is 40.4. The maximum Gasteiger partial charge on any atom is 0.213 e. The minimum atomic E-state index is -0.911. The highest BCUT2D eigenvalue weighted by Crippen LogP contribution is 2.48. The van der Waals surface area contributed by atoms with Gasteiger partial charge >= 0.3 is 0 Å². The van der Waals surface area contributed by atoms with Gasteiger partial charge in [0.05, 0.1) is 6.04 Å². The Labute approximate surface area is 174 Å². The number of ether oxygens (including phenoxy) is 1. The lowest BCUT2D eigenvalue weighted by atomic mass is 9.97. The van der Waals surface area contributed by atoms with Crippen LogP contribution in [0.3, 0.4) is 0 Å². The van der Waals surface area contributed by atoms with Crippen molar-refractivity contribution >= 4 is 21.6 Å². The summed E-state index contributed by atoms with van der Waals surface area (Å²) in [5, 5.41) is 6.58. The lowest BCUT2D eigenvalue weighted by Gasteiger charge is -2.38. The summed E-state index contributed by atoms with van der Waals surface area (Å²) in [5.74, 6) is 0.514. The number of fused-ring (bicyclic) bond motifs is 3. The van der Waals surface area contributed by atoms with Gasteiger partial charge in [-0.15, -0.1) is 0 Å². The van der Waals surface area contributed by atoms with Gasteiger partial charge in [0, 0.05) is 28.4 Å². The predicted molar refractivity (Wildman–Crippen MR) is 108 cm³/mol. The third kappa shape index (κ3) is 3.13. The smallest absolute Gasteiger partial charge is 0.213 e. The Hall–Kier alpha value is -2.67. The molecule has 7 heteroatoms. The van der Waals surface area contributed by atoms with Gasteiger partial charge in [0.1, 0.15) is 23.0 Å². The number of furan rings is 1. The molecule has 3 heterocycles. The van der Waals surface area contributed by atoms with Gasteiger partial charge in [-0.3, -0.25) is 0 Å². The Morgan fingerprint density at radius 1 is 1.10 bits per heavy atom. The van der Waals surface area contributed by atoms with E-state index in [0.717, 1.165) is 45.8 Å². The van der Waals surface area contributed by atoms with Crippen molar-refractivity contribution in [1.29, 1.82) is 0 Å². The van der Waals surface area contributed by atoms with Crippen LogP contribution >= 0.6 is 15.9 Å². The van der Waals surface area contributed by atoms with Crippen LogP contribution in [0.1, 0.15) is 48.3 Å². The molecule has 0 fully saturated rings. The van der Waals surface area contributed by atoms with Gasteiger partial charge in [-0.1, -0.05) is 28.9 Å². The molecule has 4 nitrogen and oxygen atoms in total. The first-order valence-electron chi connectivity index (χ1n) is 9.39. The van der Waals surface area contributed by atoms with Crippen molar-refractivity contribution in [2.75, 3.05) is 0 Å². The van der Waals surface area contributed by atoms with Crippen molar-refractivity contribution in [1.82, 2.24) is 5.01 Å². The molecule has 2 unspecified atom stereocenters. The first-order valence-corrected chi connectivity index (χ1v) is 10.2. The highest BCUT2D eigenvalue weighted by atomic mass is 79.9. The van der Waals surface area contributed by atoms with E-state index in [1.165, 1.54) is 6.07 Å². The van der Waals surface area contributed by atoms with Crippen molar-refractivity contribution in [3.63, 3.8) is 0 Å². The zero-order valence-electron chi connectivity index (χ0n) is 15.5. The summed E-state index contributed by atoms with van der Waals surface area (Å²) in [6.07, 6.45) is 0.766. The second-order valence-corrected chi connectivity index (χ2v) is 8.01. The van der Waals surface area contributed by atoms with Gasteiger partial charge in [0.25, 0.3) is 0 Å². The maximum absolute atomic E-state index is 13.9. The van der Waals surface area contributed by atoms with Crippen LogP contribution in [0.4, 0.5) is 8.78 Å². The zero-order chi connectivity index (χ0) is 20.1. The molecule has 3 aromatic rings. The predicted octanol–water partition coefficient (Wildman–Crippen LogP) is 6.13. The van der Waals surface area contributed by atoms with E-state index in [0.29, 0.717) is 17.7 Å². The number of hydrogen-bond acceptors (Lipinski definition) is 4. The van der Waals surface area contributed by atoms with Crippen LogP contribution in [-0.4, -0.2) is 10.7 Å². The fourth-order valence-electron chi connectivity index (χ4n) is 3.82. The second-order valence-electron chi connectivity index (χ2n) is 7.09. The lowest BCUT2D eigenvalue weighted by molar-refractivity contribution is -0.0193. The summed E-state index contributed by atoms with van der Waals surface area (Å²) in [5.41, 5.74) is 2.29. The van der Waals surface area contributed by atoms with Crippen LogP contribution in [-0.2, 0) is 6.42 Å². The van der Waals surface area contributed by atoms with Crippen LogP contribution < -0.4 is 4.74 Å². The summed E-state index contributed by atoms with van der Waals surface area (Å²) in [6, 6.07) is 13.4. The molecule has 2 aliphatic heterocycles. The molecule has 0 spiro atoms. The molecular formula is C22H17BrF2N2O2. The van der Waals surface area contributed by atoms with E-state index >= 15 is 0 Å². The molecule has 148 valence electrons. The minimum Gasteiger partial charge on any atom is -0.464 e. The van der Waals surface area contributed by atoms with Gasteiger partial charge in [0.15, 0.2) is 11.6 Å². The van der Waals surface area contributed by atoms with Crippen molar-refractivity contribution in [2.45, 2.75) is 32.0 Å². The first-order chi connectivity index (χ1) is 14.0. The highest BCUT2D eigenvalue weighted by Gasteiger charge is 2.41. The van der Waals surface area contributed by atoms with Crippen LogP contribution in [0.2, 0.25) is 0 Å². The van der Waals surface area contributed by atoms with E-state index in [-0.39, 0.29) is 6.04 Å². The van der Waals surface area contributed by atoms with Crippen LogP contribution in [0.5, 0.6) is 5.75 Å². The number of nitrogens with zero attached hydrogens (tertiary/aromatic N) is 2. The van der Waals surface area contributed by atoms with E-state index in [4.69, 9.17) is 14.3 Å². The SMILES string of the molecule is CCc1ccc(C2=NN3C(C2)c2cc(Br)ccc2OC3c2ccc(F)c(F)c2)o1. The molecule has 2 aliphatic rings. The molecular weight excluding hydrogens is 442 g/mol. The van der Waals surface area contributed by atoms with Crippen LogP contribution in [0.25, 0.3) is 0 Å². The quantitative estimate of drug-likeness (QED) is 0.474. The number of aryl methyl sites for hydroxylation is 1. The zero-order valence-corrected chi connectivity index (χ0v) is 17.1. The van der Waals surface area contributed by atoms with E-state index in [1.807, 2.05) is 42.3 Å². The van der Waals surface area contributed by atoms with Gasteiger partial charge in [-0.05, 0) is 42.5 Å². The van der Waals surface area contributed by atoms with E-state index in [1.54, 1.807) is 0 Å². The van der Waals surface area contributed by atoms with Crippen molar-refractivity contribution in [3.8, 4) is 5.75 Å². The first kappa shape index (κ1) is 18.4. The monoisotopic (exact) mass is 458 g/mol. The van der Waals surface area contributed by atoms with E-state index in [2.05, 4.69) is 15.9 Å². The minimum absolute atomic E-state index is 0.0976.